The van der Waals surface area contributed by atoms with Gasteiger partial charge in [-0.15, -0.1) is 0 Å². The second kappa shape index (κ2) is 10.00. The molecule has 0 amide bonds. The summed E-state index contributed by atoms with van der Waals surface area (Å²) in [5.41, 5.74) is 26.2. The van der Waals surface area contributed by atoms with Crippen LogP contribution in [0.15, 0.2) is 176 Å². The van der Waals surface area contributed by atoms with Gasteiger partial charge < -0.3 is 4.57 Å². The molecule has 2 aliphatic carbocycles. The van der Waals surface area contributed by atoms with Crippen LogP contribution in [0.4, 0.5) is 0 Å². The van der Waals surface area contributed by atoms with E-state index in [1.165, 1.54) is 138 Å². The average Bonchev–Trinajstić information content (AvgIpc) is 4.07. The molecule has 3 nitrogen and oxygen atoms in total. The molecule has 2 aliphatic heterocycles. The van der Waals surface area contributed by atoms with Crippen LogP contribution in [0.5, 0.6) is 0 Å². The molecule has 4 heteroatoms. The fourth-order valence-corrected chi connectivity index (χ4v) is 13.1. The Labute approximate surface area is 345 Å². The molecular weight excluding hydrogens is 725 g/mol. The van der Waals surface area contributed by atoms with Crippen molar-refractivity contribution in [2.75, 3.05) is 0 Å². The van der Waals surface area contributed by atoms with Crippen molar-refractivity contribution >= 4 is 83.3 Å². The van der Waals surface area contributed by atoms with Gasteiger partial charge in [0.15, 0.2) is 0 Å². The van der Waals surface area contributed by atoms with Gasteiger partial charge >= 0.3 is 0 Å². The first-order chi connectivity index (χ1) is 29.7. The Balaban J connectivity index is 1.12. The van der Waals surface area contributed by atoms with E-state index in [4.69, 9.17) is 0 Å². The van der Waals surface area contributed by atoms with E-state index >= 15 is 0 Å². The maximum absolute atomic E-state index is 2.70. The zero-order chi connectivity index (χ0) is 38.7. The van der Waals surface area contributed by atoms with Gasteiger partial charge in [-0.05, 0) is 103 Å². The number of aryl methyl sites for hydroxylation is 1. The molecule has 9 aromatic carbocycles. The van der Waals surface area contributed by atoms with Gasteiger partial charge in [-0.1, -0.05) is 152 Å². The predicted molar refractivity (Wildman–Crippen MR) is 249 cm³/mol. The smallest absolute Gasteiger partial charge is 0.255 e. The monoisotopic (exact) mass is 757 g/mol. The second-order valence-corrected chi connectivity index (χ2v) is 17.6. The molecule has 0 saturated carbocycles. The first-order valence-electron chi connectivity index (χ1n) is 21.2. The summed E-state index contributed by atoms with van der Waals surface area (Å²) in [6, 6.07) is 67.3. The number of benzene rings is 9. The fourth-order valence-electron chi connectivity index (χ4n) is 13.1. The summed E-state index contributed by atoms with van der Waals surface area (Å²) in [7, 11) is 0. The van der Waals surface area contributed by atoms with E-state index in [0.29, 0.717) is 0 Å². The van der Waals surface area contributed by atoms with E-state index in [1.807, 2.05) is 0 Å². The van der Waals surface area contributed by atoms with E-state index in [0.717, 1.165) is 0 Å². The van der Waals surface area contributed by atoms with Gasteiger partial charge in [-0.2, -0.15) is 0 Å². The minimum absolute atomic E-state index is 0.0573. The zero-order valence-corrected chi connectivity index (χ0v) is 32.7. The van der Waals surface area contributed by atoms with E-state index in [1.54, 1.807) is 0 Å². The normalized spacial score (nSPS) is 14.5. The third-order valence-electron chi connectivity index (χ3n) is 15.0. The van der Waals surface area contributed by atoms with Crippen molar-refractivity contribution in [1.82, 2.24) is 13.5 Å². The first kappa shape index (κ1) is 30.5. The zero-order valence-electron chi connectivity index (χ0n) is 32.7. The quantitative estimate of drug-likeness (QED) is 0.137. The molecular formula is C56H32BN3. The summed E-state index contributed by atoms with van der Waals surface area (Å²) in [6.45, 7) is 2.35. The first-order valence-corrected chi connectivity index (χ1v) is 21.2. The molecule has 0 N–H and O–H groups in total. The van der Waals surface area contributed by atoms with Crippen LogP contribution in [0.3, 0.4) is 0 Å². The number of hydrogen-bond acceptors (Lipinski definition) is 0. The van der Waals surface area contributed by atoms with Crippen LogP contribution in [0.2, 0.25) is 0 Å². The molecule has 5 heterocycles. The van der Waals surface area contributed by atoms with Crippen LogP contribution in [-0.4, -0.2) is 20.2 Å². The molecule has 0 fully saturated rings. The van der Waals surface area contributed by atoms with E-state index < -0.39 is 5.41 Å². The third kappa shape index (κ3) is 3.10. The number of imidazole rings is 1. The van der Waals surface area contributed by atoms with Crippen molar-refractivity contribution < 1.29 is 0 Å². The van der Waals surface area contributed by atoms with Crippen LogP contribution in [-0.2, 0) is 5.41 Å². The summed E-state index contributed by atoms with van der Waals surface area (Å²) in [6.07, 6.45) is 0. The average molecular weight is 758 g/mol. The summed E-state index contributed by atoms with van der Waals surface area (Å²) in [5.74, 6) is 0. The van der Waals surface area contributed by atoms with Crippen LogP contribution in [0, 0.1) is 6.92 Å². The summed E-state index contributed by atoms with van der Waals surface area (Å²) in [4.78, 5) is 0. The molecule has 4 aliphatic rings. The minimum Gasteiger partial charge on any atom is -0.310 e. The molecule has 16 rings (SSSR count). The highest BCUT2D eigenvalue weighted by atomic mass is 15.1. The Morgan fingerprint density at radius 3 is 1.85 bits per heavy atom. The van der Waals surface area contributed by atoms with Gasteiger partial charge in [0.25, 0.3) is 6.71 Å². The Morgan fingerprint density at radius 2 is 1.05 bits per heavy atom. The van der Waals surface area contributed by atoms with Gasteiger partial charge in [-0.3, -0.25) is 8.97 Å². The molecule has 274 valence electrons. The highest BCUT2D eigenvalue weighted by Crippen LogP contribution is 2.64. The van der Waals surface area contributed by atoms with Gasteiger partial charge in [0, 0.05) is 38.6 Å². The topological polar surface area (TPSA) is 14.3 Å². The molecule has 60 heavy (non-hydrogen) atoms. The molecule has 3 aromatic heterocycles. The van der Waals surface area contributed by atoms with Gasteiger partial charge in [0.1, 0.15) is 5.65 Å². The van der Waals surface area contributed by atoms with Crippen molar-refractivity contribution in [3.05, 3.63) is 204 Å². The second-order valence-electron chi connectivity index (χ2n) is 17.6. The van der Waals surface area contributed by atoms with Gasteiger partial charge in [-0.25, -0.2) is 0 Å². The van der Waals surface area contributed by atoms with Crippen molar-refractivity contribution in [2.24, 2.45) is 0 Å². The number of nitrogens with zero attached hydrogens (tertiary/aromatic N) is 3. The van der Waals surface area contributed by atoms with Crippen molar-refractivity contribution in [2.45, 2.75) is 12.3 Å². The van der Waals surface area contributed by atoms with Crippen molar-refractivity contribution in [3.63, 3.8) is 0 Å². The standard InChI is InChI=1S/C56H32BN3/c1-31-29-47-51-48(30-31)59-53-36(37-27-28-43-49(54(37)59)38-17-6-9-21-42(38)56(43)40-19-7-4-15-34(40)35-16-5-8-20-41(35)56)18-12-22-44(53)57(51)50-39-26-25-32-13-2-3-14-33(32)52(39)60-46-24-11-10-23-45(46)58(47)55(50)60/h2-30H,1H3. The lowest BCUT2D eigenvalue weighted by Crippen LogP contribution is -2.59. The number of para-hydroxylation sites is 3. The van der Waals surface area contributed by atoms with Crippen LogP contribution in [0.25, 0.3) is 93.8 Å². The third-order valence-corrected chi connectivity index (χ3v) is 15.0. The molecule has 0 radical (unpaired) electrons. The largest absolute Gasteiger partial charge is 0.310 e. The van der Waals surface area contributed by atoms with E-state index in [2.05, 4.69) is 196 Å². The maximum Gasteiger partial charge on any atom is 0.255 e. The summed E-state index contributed by atoms with van der Waals surface area (Å²) >= 11 is 0. The highest BCUT2D eigenvalue weighted by molar-refractivity contribution is 7.01. The number of aromatic nitrogens is 3. The van der Waals surface area contributed by atoms with E-state index in [-0.39, 0.29) is 6.71 Å². The Bertz CT molecular complexity index is 4000. The van der Waals surface area contributed by atoms with Gasteiger partial charge in [0.2, 0.25) is 0 Å². The number of fused-ring (bicyclic) bond motifs is 26. The molecule has 0 saturated heterocycles. The molecule has 12 aromatic rings. The van der Waals surface area contributed by atoms with E-state index in [9.17, 15) is 0 Å². The predicted octanol–water partition coefficient (Wildman–Crippen LogP) is 11.1. The number of rotatable bonds is 0. The van der Waals surface area contributed by atoms with Crippen molar-refractivity contribution in [1.29, 1.82) is 0 Å². The lowest BCUT2D eigenvalue weighted by Gasteiger charge is -2.33. The van der Waals surface area contributed by atoms with Crippen LogP contribution in [0.1, 0.15) is 27.8 Å². The van der Waals surface area contributed by atoms with Crippen LogP contribution < -0.4 is 16.4 Å². The number of hydrogen-bond donors (Lipinski definition) is 0. The minimum atomic E-state index is -0.408. The van der Waals surface area contributed by atoms with Gasteiger partial charge in [0.05, 0.1) is 27.5 Å². The Morgan fingerprint density at radius 1 is 0.433 bits per heavy atom. The molecule has 0 atom stereocenters. The van der Waals surface area contributed by atoms with Crippen molar-refractivity contribution in [3.8, 4) is 33.6 Å². The summed E-state index contributed by atoms with van der Waals surface area (Å²) < 4.78 is 7.88. The Hall–Kier alpha value is -7.56. The Kier molecular flexibility index (Phi) is 5.08. The molecule has 0 unspecified atom stereocenters. The molecule has 1 spiro atoms. The molecule has 0 bridgehead atoms. The lowest BCUT2D eigenvalue weighted by atomic mass is 9.34. The van der Waals surface area contributed by atoms with Crippen LogP contribution >= 0.6 is 0 Å². The highest BCUT2D eigenvalue weighted by Gasteiger charge is 2.53. The SMILES string of the molecule is Cc1cc2c3c(c1)-n1c4ccccc4n4c5c(ccc6ccccc65)c(c14)B3c1cccc3c4ccc5c(c4n-2c13)-c1ccccc1C51c2ccccc2-c2ccccc21. The lowest BCUT2D eigenvalue weighted by molar-refractivity contribution is 0.794. The summed E-state index contributed by atoms with van der Waals surface area (Å²) in [5, 5.41) is 6.53. The maximum atomic E-state index is 2.70. The fraction of sp³-hybridized carbons (Fsp3) is 0.0357.